The summed E-state index contributed by atoms with van der Waals surface area (Å²) in [4.78, 5) is 6.70. The summed E-state index contributed by atoms with van der Waals surface area (Å²) in [6.07, 6.45) is 4.96. The Morgan fingerprint density at radius 3 is 2.18 bits per heavy atom. The highest BCUT2D eigenvalue weighted by Gasteiger charge is 2.61. The number of thiophene rings is 1. The second kappa shape index (κ2) is 9.74. The van der Waals surface area contributed by atoms with Crippen LogP contribution in [0.4, 0.5) is 28.4 Å². The zero-order valence-corrected chi connectivity index (χ0v) is 29.7. The van der Waals surface area contributed by atoms with Gasteiger partial charge in [0.1, 0.15) is 0 Å². The molecule has 6 aromatic carbocycles. The maximum absolute atomic E-state index is 2.85. The van der Waals surface area contributed by atoms with E-state index in [9.17, 15) is 0 Å². The molecule has 244 valence electrons. The predicted molar refractivity (Wildman–Crippen MR) is 218 cm³/mol. The lowest BCUT2D eigenvalue weighted by molar-refractivity contribution is 0.195. The van der Waals surface area contributed by atoms with E-state index in [2.05, 4.69) is 162 Å². The molecule has 1 aliphatic carbocycles. The molecular formula is C46H36BN3S. The fourth-order valence-electron chi connectivity index (χ4n) is 10.9. The molecule has 51 heavy (non-hydrogen) atoms. The van der Waals surface area contributed by atoms with Crippen molar-refractivity contribution in [3.63, 3.8) is 0 Å². The summed E-state index contributed by atoms with van der Waals surface area (Å²) in [5.74, 6) is 0. The topological polar surface area (TPSA) is 11.4 Å². The Bertz CT molecular complexity index is 2730. The summed E-state index contributed by atoms with van der Waals surface area (Å²) in [6, 6.07) is 50.3. The Hall–Kier alpha value is -5.26. The third-order valence-corrected chi connectivity index (χ3v) is 14.5. The highest BCUT2D eigenvalue weighted by atomic mass is 32.1. The van der Waals surface area contributed by atoms with Crippen molar-refractivity contribution in [2.24, 2.45) is 0 Å². The fourth-order valence-corrected chi connectivity index (χ4v) is 12.1. The average molecular weight is 674 g/mol. The third-order valence-electron chi connectivity index (χ3n) is 13.3. The molecule has 0 amide bonds. The van der Waals surface area contributed by atoms with Crippen LogP contribution in [-0.2, 0) is 5.41 Å². The van der Waals surface area contributed by atoms with Crippen LogP contribution in [0.2, 0.25) is 0 Å². The maximum atomic E-state index is 2.85. The fraction of sp³-hybridized carbons (Fsp3) is 0.174. The van der Waals surface area contributed by atoms with Gasteiger partial charge >= 0.3 is 6.85 Å². The van der Waals surface area contributed by atoms with Gasteiger partial charge in [-0.2, -0.15) is 0 Å². The molecule has 5 heteroatoms. The minimum Gasteiger partial charge on any atom is -0.367 e. The highest BCUT2D eigenvalue weighted by molar-refractivity contribution is 7.26. The van der Waals surface area contributed by atoms with Gasteiger partial charge in [-0.25, -0.2) is 0 Å². The number of aromatic nitrogens is 1. The van der Waals surface area contributed by atoms with Gasteiger partial charge in [-0.15, -0.1) is 11.3 Å². The number of hydrogen-bond donors (Lipinski definition) is 0. The lowest BCUT2D eigenvalue weighted by atomic mass is 9.45. The molecule has 12 rings (SSSR count). The van der Waals surface area contributed by atoms with E-state index in [4.69, 9.17) is 0 Å². The molecule has 3 aliphatic heterocycles. The molecule has 8 aromatic rings. The molecule has 0 bridgehead atoms. The first-order valence-electron chi connectivity index (χ1n) is 18.5. The van der Waals surface area contributed by atoms with Crippen LogP contribution in [0.25, 0.3) is 42.3 Å². The molecule has 2 aromatic heterocycles. The number of anilines is 5. The molecule has 1 fully saturated rings. The molecule has 0 N–H and O–H groups in total. The van der Waals surface area contributed by atoms with E-state index in [1.165, 1.54) is 113 Å². The van der Waals surface area contributed by atoms with Gasteiger partial charge in [-0.1, -0.05) is 111 Å². The van der Waals surface area contributed by atoms with E-state index in [1.807, 2.05) is 11.3 Å². The smallest absolute Gasteiger partial charge is 0.333 e. The Balaban J connectivity index is 1.26. The number of fused-ring (bicyclic) bond motifs is 12. The second-order valence-electron chi connectivity index (χ2n) is 15.6. The minimum atomic E-state index is -0.0265. The van der Waals surface area contributed by atoms with E-state index < -0.39 is 0 Å². The van der Waals surface area contributed by atoms with Crippen LogP contribution in [-0.4, -0.2) is 16.9 Å². The quantitative estimate of drug-likeness (QED) is 0.173. The van der Waals surface area contributed by atoms with Crippen LogP contribution < -0.4 is 20.7 Å². The standard InChI is InChI=1S/C46H36BN3S/c1-45-25-11-12-26-46(45,2)49-38-28-31(48(29-15-5-3-6-16-29)30-17-7-4-8-18-30)27-35-32-20-13-21-34-40-33-19-9-10-24-39(33)51-44(40)50(42(32)34)47(41(35)38)37-23-14-22-36(45)43(37)49/h3-10,13-24,27-28H,11-12,25-26H2,1-2H3. The largest absolute Gasteiger partial charge is 0.367 e. The van der Waals surface area contributed by atoms with Crippen LogP contribution in [0, 0.1) is 0 Å². The Morgan fingerprint density at radius 2 is 1.37 bits per heavy atom. The van der Waals surface area contributed by atoms with Crippen LogP contribution in [0.1, 0.15) is 45.1 Å². The van der Waals surface area contributed by atoms with Gasteiger partial charge in [0.25, 0.3) is 0 Å². The zero-order chi connectivity index (χ0) is 33.6. The summed E-state index contributed by atoms with van der Waals surface area (Å²) in [5, 5.41) is 4.13. The lowest BCUT2D eigenvalue weighted by Crippen LogP contribution is -2.61. The van der Waals surface area contributed by atoms with E-state index in [1.54, 1.807) is 0 Å². The van der Waals surface area contributed by atoms with Crippen molar-refractivity contribution in [1.29, 1.82) is 0 Å². The van der Waals surface area contributed by atoms with E-state index in [-0.39, 0.29) is 17.8 Å². The molecule has 0 saturated heterocycles. The first-order chi connectivity index (χ1) is 25.1. The van der Waals surface area contributed by atoms with Gasteiger partial charge in [0.2, 0.25) is 0 Å². The molecule has 2 unspecified atom stereocenters. The Labute approximate surface area is 302 Å². The molecular weight excluding hydrogens is 637 g/mol. The zero-order valence-electron chi connectivity index (χ0n) is 28.9. The van der Waals surface area contributed by atoms with Crippen molar-refractivity contribution in [2.45, 2.75) is 50.5 Å². The molecule has 2 atom stereocenters. The normalized spacial score (nSPS) is 20.9. The third kappa shape index (κ3) is 3.37. The minimum absolute atomic E-state index is 0.0265. The Morgan fingerprint density at radius 1 is 0.667 bits per heavy atom. The van der Waals surface area contributed by atoms with Crippen LogP contribution in [0.5, 0.6) is 0 Å². The van der Waals surface area contributed by atoms with Gasteiger partial charge in [-0.05, 0) is 84.3 Å². The van der Waals surface area contributed by atoms with Crippen molar-refractivity contribution >= 4 is 88.8 Å². The predicted octanol–water partition coefficient (Wildman–Crippen LogP) is 11.2. The summed E-state index contributed by atoms with van der Waals surface area (Å²) in [7, 11) is 0. The van der Waals surface area contributed by atoms with Gasteiger partial charge in [0.15, 0.2) is 0 Å². The number of para-hydroxylation sites is 4. The van der Waals surface area contributed by atoms with Crippen molar-refractivity contribution in [3.05, 3.63) is 139 Å². The van der Waals surface area contributed by atoms with E-state index >= 15 is 0 Å². The molecule has 3 nitrogen and oxygen atoms in total. The van der Waals surface area contributed by atoms with Gasteiger partial charge in [0.05, 0.1) is 10.4 Å². The van der Waals surface area contributed by atoms with E-state index in [0.29, 0.717) is 0 Å². The van der Waals surface area contributed by atoms with Crippen LogP contribution in [0.3, 0.4) is 0 Å². The van der Waals surface area contributed by atoms with Crippen molar-refractivity contribution in [2.75, 3.05) is 9.80 Å². The Kier molecular flexibility index (Phi) is 5.43. The van der Waals surface area contributed by atoms with Gasteiger partial charge < -0.3 is 14.3 Å². The van der Waals surface area contributed by atoms with Crippen molar-refractivity contribution in [1.82, 2.24) is 4.48 Å². The average Bonchev–Trinajstić information content (AvgIpc) is 3.77. The lowest BCUT2D eigenvalue weighted by Gasteiger charge is -2.52. The SMILES string of the molecule is CC12CCCCC1(C)N1c3cc(N(c4ccccc4)c4ccccc4)cc4c3B(c3cccc2c31)n1c2sc3ccccc3c2c2cccc-4c21. The van der Waals surface area contributed by atoms with E-state index in [0.717, 1.165) is 0 Å². The molecule has 0 spiro atoms. The first-order valence-corrected chi connectivity index (χ1v) is 19.3. The number of hydrogen-bond acceptors (Lipinski definition) is 3. The van der Waals surface area contributed by atoms with Crippen LogP contribution in [0.15, 0.2) is 133 Å². The number of rotatable bonds is 3. The van der Waals surface area contributed by atoms with Gasteiger partial charge in [-0.3, -0.25) is 0 Å². The molecule has 5 heterocycles. The maximum Gasteiger partial charge on any atom is 0.333 e. The number of nitrogens with zero attached hydrogens (tertiary/aromatic N) is 3. The summed E-state index contributed by atoms with van der Waals surface area (Å²) >= 11 is 1.96. The highest BCUT2D eigenvalue weighted by Crippen LogP contribution is 2.62. The van der Waals surface area contributed by atoms with Crippen molar-refractivity contribution < 1.29 is 0 Å². The summed E-state index contributed by atoms with van der Waals surface area (Å²) in [6.45, 7) is 5.25. The summed E-state index contributed by atoms with van der Waals surface area (Å²) in [5.41, 5.74) is 15.0. The van der Waals surface area contributed by atoms with Gasteiger partial charge in [0, 0.05) is 65.8 Å². The van der Waals surface area contributed by atoms with Crippen molar-refractivity contribution in [3.8, 4) is 11.1 Å². The summed E-state index contributed by atoms with van der Waals surface area (Å²) < 4.78 is 4.12. The van der Waals surface area contributed by atoms with Crippen LogP contribution >= 0.6 is 11.3 Å². The molecule has 1 saturated carbocycles. The number of benzene rings is 6. The first kappa shape index (κ1) is 28.4. The monoisotopic (exact) mass is 673 g/mol. The second-order valence-corrected chi connectivity index (χ2v) is 16.6. The molecule has 0 radical (unpaired) electrons. The molecule has 4 aliphatic rings.